The average Bonchev–Trinajstić information content (AvgIpc) is 2.91. The predicted octanol–water partition coefficient (Wildman–Crippen LogP) is 0.416. The standard InChI is InChI=1S/C14H22N4O2/c1-3-5-16-13-9-20-8-12(13)14(19)17-7-11-4-6-15-10(2)18-11/h4,6,12-13,16H,3,5,7-9H2,1-2H3,(H,17,19). The van der Waals surface area contributed by atoms with Gasteiger partial charge in [-0.2, -0.15) is 0 Å². The Bertz CT molecular complexity index is 453. The second kappa shape index (κ2) is 7.31. The molecule has 2 N–H and O–H groups in total. The summed E-state index contributed by atoms with van der Waals surface area (Å²) in [5.41, 5.74) is 0.822. The number of carbonyl (C=O) groups excluding carboxylic acids is 1. The normalized spacial score (nSPS) is 21.9. The van der Waals surface area contributed by atoms with E-state index >= 15 is 0 Å². The van der Waals surface area contributed by atoms with Crippen LogP contribution in [-0.4, -0.2) is 41.7 Å². The molecule has 1 aliphatic rings. The molecule has 1 fully saturated rings. The van der Waals surface area contributed by atoms with Crippen LogP contribution in [0.15, 0.2) is 12.3 Å². The number of nitrogens with one attached hydrogen (secondary N) is 2. The van der Waals surface area contributed by atoms with Gasteiger partial charge in [0.15, 0.2) is 0 Å². The van der Waals surface area contributed by atoms with Crippen LogP contribution >= 0.6 is 0 Å². The summed E-state index contributed by atoms with van der Waals surface area (Å²) in [7, 11) is 0. The maximum Gasteiger partial charge on any atom is 0.227 e. The Labute approximate surface area is 119 Å². The maximum atomic E-state index is 12.2. The van der Waals surface area contributed by atoms with Crippen molar-refractivity contribution in [3.8, 4) is 0 Å². The van der Waals surface area contributed by atoms with Crippen molar-refractivity contribution < 1.29 is 9.53 Å². The van der Waals surface area contributed by atoms with Crippen LogP contribution in [-0.2, 0) is 16.1 Å². The first-order valence-corrected chi connectivity index (χ1v) is 7.08. The Balaban J connectivity index is 1.84. The van der Waals surface area contributed by atoms with Crippen LogP contribution in [0.1, 0.15) is 24.9 Å². The zero-order chi connectivity index (χ0) is 14.4. The third-order valence-corrected chi connectivity index (χ3v) is 3.35. The summed E-state index contributed by atoms with van der Waals surface area (Å²) >= 11 is 0. The minimum absolute atomic E-state index is 0.0207. The molecule has 0 spiro atoms. The van der Waals surface area contributed by atoms with Crippen LogP contribution in [0.5, 0.6) is 0 Å². The fraction of sp³-hybridized carbons (Fsp3) is 0.643. The number of ether oxygens (including phenoxy) is 1. The highest BCUT2D eigenvalue weighted by atomic mass is 16.5. The van der Waals surface area contributed by atoms with Crippen LogP contribution in [0.3, 0.4) is 0 Å². The maximum absolute atomic E-state index is 12.2. The van der Waals surface area contributed by atoms with Gasteiger partial charge < -0.3 is 15.4 Å². The van der Waals surface area contributed by atoms with Gasteiger partial charge in [-0.15, -0.1) is 0 Å². The Hall–Kier alpha value is -1.53. The lowest BCUT2D eigenvalue weighted by molar-refractivity contribution is -0.125. The average molecular weight is 278 g/mol. The van der Waals surface area contributed by atoms with Crippen molar-refractivity contribution in [2.24, 2.45) is 5.92 Å². The Kier molecular flexibility index (Phi) is 5.43. The van der Waals surface area contributed by atoms with Crippen molar-refractivity contribution in [3.05, 3.63) is 23.8 Å². The van der Waals surface area contributed by atoms with Crippen LogP contribution in [0.2, 0.25) is 0 Å². The summed E-state index contributed by atoms with van der Waals surface area (Å²) in [5, 5.41) is 6.28. The van der Waals surface area contributed by atoms with Gasteiger partial charge in [-0.1, -0.05) is 6.92 Å². The van der Waals surface area contributed by atoms with E-state index in [1.807, 2.05) is 13.0 Å². The first-order chi connectivity index (χ1) is 9.70. The van der Waals surface area contributed by atoms with Gasteiger partial charge in [0.05, 0.1) is 31.4 Å². The van der Waals surface area contributed by atoms with E-state index in [1.165, 1.54) is 0 Å². The Morgan fingerprint density at radius 3 is 3.10 bits per heavy atom. The molecule has 0 bridgehead atoms. The van der Waals surface area contributed by atoms with Crippen LogP contribution in [0.25, 0.3) is 0 Å². The topological polar surface area (TPSA) is 76.1 Å². The van der Waals surface area contributed by atoms with Gasteiger partial charge in [-0.05, 0) is 26.0 Å². The fourth-order valence-corrected chi connectivity index (χ4v) is 2.26. The molecule has 0 saturated carbocycles. The molecule has 1 aliphatic heterocycles. The van der Waals surface area contributed by atoms with Crippen LogP contribution < -0.4 is 10.6 Å². The SMILES string of the molecule is CCCNC1COCC1C(=O)NCc1ccnc(C)n1. The van der Waals surface area contributed by atoms with E-state index in [2.05, 4.69) is 27.5 Å². The molecule has 1 aromatic rings. The van der Waals surface area contributed by atoms with Crippen molar-refractivity contribution in [1.29, 1.82) is 0 Å². The van der Waals surface area contributed by atoms with Crippen LogP contribution in [0, 0.1) is 12.8 Å². The molecule has 2 unspecified atom stereocenters. The molecule has 20 heavy (non-hydrogen) atoms. The highest BCUT2D eigenvalue weighted by molar-refractivity contribution is 5.79. The molecule has 1 saturated heterocycles. The van der Waals surface area contributed by atoms with Gasteiger partial charge in [-0.3, -0.25) is 4.79 Å². The van der Waals surface area contributed by atoms with Gasteiger partial charge >= 0.3 is 0 Å². The summed E-state index contributed by atoms with van der Waals surface area (Å²) in [5.74, 6) is 0.611. The smallest absolute Gasteiger partial charge is 0.227 e. The van der Waals surface area contributed by atoms with E-state index in [4.69, 9.17) is 4.74 Å². The zero-order valence-corrected chi connectivity index (χ0v) is 12.1. The Morgan fingerprint density at radius 2 is 2.35 bits per heavy atom. The molecule has 0 aliphatic carbocycles. The number of carbonyl (C=O) groups is 1. The molecule has 6 nitrogen and oxygen atoms in total. The summed E-state index contributed by atoms with van der Waals surface area (Å²) in [6, 6.07) is 1.92. The van der Waals surface area contributed by atoms with Gasteiger partial charge in [0.2, 0.25) is 5.91 Å². The molecule has 110 valence electrons. The first kappa shape index (κ1) is 14.9. The van der Waals surface area contributed by atoms with Crippen molar-refractivity contribution in [2.75, 3.05) is 19.8 Å². The minimum Gasteiger partial charge on any atom is -0.379 e. The van der Waals surface area contributed by atoms with Gasteiger partial charge in [0.25, 0.3) is 0 Å². The van der Waals surface area contributed by atoms with Crippen molar-refractivity contribution >= 4 is 5.91 Å². The summed E-state index contributed by atoms with van der Waals surface area (Å²) in [6.07, 6.45) is 2.75. The second-order valence-electron chi connectivity index (χ2n) is 5.02. The highest BCUT2D eigenvalue weighted by Gasteiger charge is 2.33. The van der Waals surface area contributed by atoms with Gasteiger partial charge in [-0.25, -0.2) is 9.97 Å². The largest absolute Gasteiger partial charge is 0.379 e. The third kappa shape index (κ3) is 3.98. The van der Waals surface area contributed by atoms with E-state index in [1.54, 1.807) is 6.20 Å². The molecule has 1 aromatic heterocycles. The number of rotatable bonds is 6. The number of amides is 1. The van der Waals surface area contributed by atoms with E-state index < -0.39 is 0 Å². The summed E-state index contributed by atoms with van der Waals surface area (Å²) < 4.78 is 5.41. The molecular formula is C14H22N4O2. The van der Waals surface area contributed by atoms with E-state index in [0.717, 1.165) is 18.7 Å². The lowest BCUT2D eigenvalue weighted by Gasteiger charge is -2.18. The molecule has 0 aromatic carbocycles. The molecule has 2 rings (SSSR count). The van der Waals surface area contributed by atoms with Crippen molar-refractivity contribution in [2.45, 2.75) is 32.9 Å². The molecule has 0 radical (unpaired) electrons. The lowest BCUT2D eigenvalue weighted by Crippen LogP contribution is -2.44. The summed E-state index contributed by atoms with van der Waals surface area (Å²) in [4.78, 5) is 20.5. The number of hydrogen-bond acceptors (Lipinski definition) is 5. The minimum atomic E-state index is -0.121. The molecule has 6 heteroatoms. The zero-order valence-electron chi connectivity index (χ0n) is 12.1. The second-order valence-corrected chi connectivity index (χ2v) is 5.02. The molecular weight excluding hydrogens is 256 g/mol. The number of aromatic nitrogens is 2. The van der Waals surface area contributed by atoms with Gasteiger partial charge in [0.1, 0.15) is 5.82 Å². The number of nitrogens with zero attached hydrogens (tertiary/aromatic N) is 2. The monoisotopic (exact) mass is 278 g/mol. The van der Waals surface area contributed by atoms with E-state index in [9.17, 15) is 4.79 Å². The lowest BCUT2D eigenvalue weighted by atomic mass is 10.0. The Morgan fingerprint density at radius 1 is 1.50 bits per heavy atom. The molecule has 2 atom stereocenters. The van der Waals surface area contributed by atoms with Crippen LogP contribution in [0.4, 0.5) is 0 Å². The molecule has 1 amide bonds. The quantitative estimate of drug-likeness (QED) is 0.788. The fourth-order valence-electron chi connectivity index (χ4n) is 2.26. The van der Waals surface area contributed by atoms with Gasteiger partial charge in [0, 0.05) is 12.2 Å². The number of aryl methyl sites for hydroxylation is 1. The predicted molar refractivity (Wildman–Crippen MR) is 75.0 cm³/mol. The van der Waals surface area contributed by atoms with Crippen molar-refractivity contribution in [3.63, 3.8) is 0 Å². The molecule has 2 heterocycles. The number of hydrogen-bond donors (Lipinski definition) is 2. The first-order valence-electron chi connectivity index (χ1n) is 7.08. The van der Waals surface area contributed by atoms with E-state index in [0.29, 0.717) is 25.6 Å². The highest BCUT2D eigenvalue weighted by Crippen LogP contribution is 2.14. The summed E-state index contributed by atoms with van der Waals surface area (Å²) in [6.45, 7) is 6.36. The van der Waals surface area contributed by atoms with Crippen molar-refractivity contribution in [1.82, 2.24) is 20.6 Å². The third-order valence-electron chi connectivity index (χ3n) is 3.35. The van der Waals surface area contributed by atoms with E-state index in [-0.39, 0.29) is 17.9 Å².